The molecule has 0 bridgehead atoms. The molecule has 0 atom stereocenters. The van der Waals surface area contributed by atoms with Gasteiger partial charge in [0.05, 0.1) is 0 Å². The smallest absolute Gasteiger partial charge is 0.273 e. The van der Waals surface area contributed by atoms with Crippen molar-refractivity contribution in [3.8, 4) is 0 Å². The Kier molecular flexibility index (Phi) is 6.23. The maximum atomic E-state index is 12.2. The summed E-state index contributed by atoms with van der Waals surface area (Å²) in [5.41, 5.74) is 1.54. The van der Waals surface area contributed by atoms with Crippen LogP contribution in [-0.4, -0.2) is 42.1 Å². The van der Waals surface area contributed by atoms with Crippen molar-refractivity contribution in [3.05, 3.63) is 17.0 Å². The molecule has 1 aliphatic rings. The Morgan fingerprint density at radius 3 is 2.76 bits per heavy atom. The fraction of sp³-hybridized carbons (Fsp3) is 0.750. The molecule has 0 radical (unpaired) electrons. The number of carbonyl (C=O) groups excluding carboxylic acids is 1. The van der Waals surface area contributed by atoms with E-state index in [0.29, 0.717) is 12.2 Å². The van der Waals surface area contributed by atoms with Gasteiger partial charge in [-0.15, -0.1) is 0 Å². The van der Waals surface area contributed by atoms with Gasteiger partial charge in [-0.2, -0.15) is 0 Å². The summed E-state index contributed by atoms with van der Waals surface area (Å²) in [6.45, 7) is 8.14. The number of carbonyl (C=O) groups is 1. The van der Waals surface area contributed by atoms with E-state index in [1.54, 1.807) is 0 Å². The van der Waals surface area contributed by atoms with Crippen LogP contribution in [0.3, 0.4) is 0 Å². The molecule has 0 fully saturated rings. The molecule has 21 heavy (non-hydrogen) atoms. The van der Waals surface area contributed by atoms with Crippen LogP contribution in [0.25, 0.3) is 0 Å². The topological polar surface area (TPSA) is 58.4 Å². The number of nitrogens with one attached hydrogen (secondary N) is 1. The number of fused-ring (bicyclic) bond motifs is 1. The summed E-state index contributed by atoms with van der Waals surface area (Å²) < 4.78 is 5.35. The van der Waals surface area contributed by atoms with Crippen molar-refractivity contribution in [1.29, 1.82) is 0 Å². The lowest BCUT2D eigenvalue weighted by atomic mass is 10.1. The zero-order chi connectivity index (χ0) is 15.1. The molecule has 1 aromatic rings. The number of rotatable bonds is 7. The molecule has 0 unspecified atom stereocenters. The van der Waals surface area contributed by atoms with Gasteiger partial charge in [-0.3, -0.25) is 4.79 Å². The summed E-state index contributed by atoms with van der Waals surface area (Å²) >= 11 is 0. The quantitative estimate of drug-likeness (QED) is 0.619. The fourth-order valence-electron chi connectivity index (χ4n) is 2.87. The molecule has 0 aromatic carbocycles. The molecule has 5 heteroatoms. The van der Waals surface area contributed by atoms with Crippen molar-refractivity contribution in [2.75, 3.05) is 26.2 Å². The second-order valence-electron chi connectivity index (χ2n) is 5.63. The highest BCUT2D eigenvalue weighted by atomic mass is 16.5. The second kappa shape index (κ2) is 8.17. The van der Waals surface area contributed by atoms with E-state index >= 15 is 0 Å². The van der Waals surface area contributed by atoms with Gasteiger partial charge in [0.2, 0.25) is 0 Å². The molecule has 0 saturated heterocycles. The molecule has 1 N–H and O–H groups in total. The average molecular weight is 293 g/mol. The molecular formula is C16H27N3O2. The molecule has 0 aliphatic heterocycles. The molecule has 1 heterocycles. The summed E-state index contributed by atoms with van der Waals surface area (Å²) in [5.74, 6) is 0.835. The normalized spacial score (nSPS) is 14.8. The van der Waals surface area contributed by atoms with Crippen molar-refractivity contribution >= 4 is 5.91 Å². The van der Waals surface area contributed by atoms with Gasteiger partial charge in [-0.05, 0) is 45.3 Å². The highest BCUT2D eigenvalue weighted by molar-refractivity contribution is 5.93. The lowest BCUT2D eigenvalue weighted by Gasteiger charge is -2.17. The third-order valence-electron chi connectivity index (χ3n) is 4.25. The van der Waals surface area contributed by atoms with E-state index in [1.807, 2.05) is 0 Å². The molecule has 1 aromatic heterocycles. The molecular weight excluding hydrogens is 266 g/mol. The Bertz CT molecular complexity index is 452. The van der Waals surface area contributed by atoms with E-state index in [2.05, 4.69) is 29.2 Å². The first-order chi connectivity index (χ1) is 10.3. The molecule has 0 saturated carbocycles. The van der Waals surface area contributed by atoms with Gasteiger partial charge < -0.3 is 14.7 Å². The Morgan fingerprint density at radius 2 is 2.00 bits per heavy atom. The first-order valence-corrected chi connectivity index (χ1v) is 8.24. The minimum Gasteiger partial charge on any atom is -0.360 e. The minimum absolute atomic E-state index is 0.0820. The van der Waals surface area contributed by atoms with Crippen molar-refractivity contribution in [1.82, 2.24) is 15.4 Å². The molecule has 1 aliphatic carbocycles. The van der Waals surface area contributed by atoms with E-state index in [9.17, 15) is 4.79 Å². The largest absolute Gasteiger partial charge is 0.360 e. The Hall–Kier alpha value is -1.36. The monoisotopic (exact) mass is 293 g/mol. The Balaban J connectivity index is 1.82. The maximum Gasteiger partial charge on any atom is 0.273 e. The van der Waals surface area contributed by atoms with Crippen LogP contribution in [0.5, 0.6) is 0 Å². The number of amides is 1. The zero-order valence-electron chi connectivity index (χ0n) is 13.3. The standard InChI is InChI=1S/C16H27N3O2/c1-3-19(4-2)12-8-11-17-16(20)15-13-9-6-5-7-10-14(13)21-18-15/h3-12H2,1-2H3,(H,17,20). The van der Waals surface area contributed by atoms with Crippen molar-refractivity contribution in [2.24, 2.45) is 0 Å². The SMILES string of the molecule is CCN(CC)CCCNC(=O)c1noc2c1CCCCC2. The zero-order valence-corrected chi connectivity index (χ0v) is 13.3. The van der Waals surface area contributed by atoms with Crippen LogP contribution in [0.2, 0.25) is 0 Å². The van der Waals surface area contributed by atoms with Crippen LogP contribution in [-0.2, 0) is 12.8 Å². The molecule has 2 rings (SSSR count). The molecule has 5 nitrogen and oxygen atoms in total. The highest BCUT2D eigenvalue weighted by Crippen LogP contribution is 2.23. The summed E-state index contributed by atoms with van der Waals surface area (Å²) in [4.78, 5) is 14.6. The third kappa shape index (κ3) is 4.30. The van der Waals surface area contributed by atoms with E-state index in [0.717, 1.165) is 63.1 Å². The molecule has 1 amide bonds. The minimum atomic E-state index is -0.0820. The van der Waals surface area contributed by atoms with Gasteiger partial charge >= 0.3 is 0 Å². The van der Waals surface area contributed by atoms with Crippen LogP contribution in [0.15, 0.2) is 4.52 Å². The van der Waals surface area contributed by atoms with Crippen LogP contribution < -0.4 is 5.32 Å². The van der Waals surface area contributed by atoms with E-state index in [1.165, 1.54) is 6.42 Å². The molecule has 0 spiro atoms. The first kappa shape index (κ1) is 16.0. The first-order valence-electron chi connectivity index (χ1n) is 8.24. The highest BCUT2D eigenvalue weighted by Gasteiger charge is 2.22. The van der Waals surface area contributed by atoms with E-state index in [-0.39, 0.29) is 5.91 Å². The number of aromatic nitrogens is 1. The van der Waals surface area contributed by atoms with Crippen molar-refractivity contribution in [2.45, 2.75) is 52.4 Å². The second-order valence-corrected chi connectivity index (χ2v) is 5.63. The van der Waals surface area contributed by atoms with Crippen molar-refractivity contribution < 1.29 is 9.32 Å². The Morgan fingerprint density at radius 1 is 1.24 bits per heavy atom. The van der Waals surface area contributed by atoms with Crippen LogP contribution in [0.1, 0.15) is 61.3 Å². The summed E-state index contributed by atoms with van der Waals surface area (Å²) in [5, 5.41) is 6.96. The lowest BCUT2D eigenvalue weighted by molar-refractivity contribution is 0.0942. The number of hydrogen-bond acceptors (Lipinski definition) is 4. The van der Waals surface area contributed by atoms with E-state index < -0.39 is 0 Å². The van der Waals surface area contributed by atoms with Crippen LogP contribution >= 0.6 is 0 Å². The van der Waals surface area contributed by atoms with Crippen LogP contribution in [0.4, 0.5) is 0 Å². The van der Waals surface area contributed by atoms with Gasteiger partial charge in [0.15, 0.2) is 5.69 Å². The van der Waals surface area contributed by atoms with Gasteiger partial charge in [-0.1, -0.05) is 25.4 Å². The summed E-state index contributed by atoms with van der Waals surface area (Å²) in [6, 6.07) is 0. The number of hydrogen-bond donors (Lipinski definition) is 1. The van der Waals surface area contributed by atoms with Crippen molar-refractivity contribution in [3.63, 3.8) is 0 Å². The summed E-state index contributed by atoms with van der Waals surface area (Å²) in [6.07, 6.45) is 6.25. The average Bonchev–Trinajstić information content (AvgIpc) is 2.76. The molecule has 118 valence electrons. The predicted molar refractivity (Wildman–Crippen MR) is 82.5 cm³/mol. The van der Waals surface area contributed by atoms with Gasteiger partial charge in [-0.25, -0.2) is 0 Å². The third-order valence-corrected chi connectivity index (χ3v) is 4.25. The number of nitrogens with zero attached hydrogens (tertiary/aromatic N) is 2. The maximum absolute atomic E-state index is 12.2. The predicted octanol–water partition coefficient (Wildman–Crippen LogP) is 2.41. The Labute approximate surface area is 127 Å². The number of aryl methyl sites for hydroxylation is 1. The lowest BCUT2D eigenvalue weighted by Crippen LogP contribution is -2.30. The fourth-order valence-corrected chi connectivity index (χ4v) is 2.87. The van der Waals surface area contributed by atoms with Gasteiger partial charge in [0.1, 0.15) is 5.76 Å². The van der Waals surface area contributed by atoms with E-state index in [4.69, 9.17) is 4.52 Å². The van der Waals surface area contributed by atoms with Gasteiger partial charge in [0.25, 0.3) is 5.91 Å². The van der Waals surface area contributed by atoms with Gasteiger partial charge in [0, 0.05) is 18.5 Å². The van der Waals surface area contributed by atoms with Crippen LogP contribution in [0, 0.1) is 0 Å². The summed E-state index contributed by atoms with van der Waals surface area (Å²) in [7, 11) is 0.